The third-order valence-corrected chi connectivity index (χ3v) is 9.97. The Bertz CT molecular complexity index is 2870. The van der Waals surface area contributed by atoms with Gasteiger partial charge in [-0.3, -0.25) is 20.4 Å². The van der Waals surface area contributed by atoms with Crippen molar-refractivity contribution in [1.29, 1.82) is 0 Å². The van der Waals surface area contributed by atoms with Gasteiger partial charge in [-0.2, -0.15) is 10.2 Å². The van der Waals surface area contributed by atoms with E-state index in [9.17, 15) is 9.59 Å². The Hall–Kier alpha value is -7.71. The van der Waals surface area contributed by atoms with Crippen LogP contribution in [0.15, 0.2) is 153 Å². The summed E-state index contributed by atoms with van der Waals surface area (Å²) in [7, 11) is 0. The Labute approximate surface area is 376 Å². The smallest absolute Gasteiger partial charge is 0.412 e. The number of hydrogen-bond acceptors (Lipinski definition) is 8. The van der Waals surface area contributed by atoms with Crippen molar-refractivity contribution in [2.75, 3.05) is 10.6 Å². The summed E-state index contributed by atoms with van der Waals surface area (Å²) >= 11 is 0. The number of rotatable bonds is 8. The van der Waals surface area contributed by atoms with Crippen molar-refractivity contribution in [3.8, 4) is 22.3 Å². The molecule has 2 amide bonds. The van der Waals surface area contributed by atoms with E-state index in [1.54, 1.807) is 24.8 Å². The van der Waals surface area contributed by atoms with Gasteiger partial charge in [0.05, 0.1) is 36.2 Å². The molecule has 6 aromatic heterocycles. The van der Waals surface area contributed by atoms with E-state index < -0.39 is 28.9 Å². The maximum absolute atomic E-state index is 12.4. The largest absolute Gasteiger partial charge is 0.444 e. The summed E-state index contributed by atoms with van der Waals surface area (Å²) in [6, 6.07) is 35.1. The van der Waals surface area contributed by atoms with Crippen LogP contribution in [0.1, 0.15) is 58.2 Å². The molecule has 0 aliphatic heterocycles. The van der Waals surface area contributed by atoms with Crippen molar-refractivity contribution in [1.82, 2.24) is 39.9 Å². The number of ether oxygens (including phenoxy) is 2. The predicted molar refractivity (Wildman–Crippen MR) is 253 cm³/mol. The monoisotopic (exact) mass is 876 g/mol. The molecule has 0 atom stereocenters. The van der Waals surface area contributed by atoms with E-state index in [1.165, 1.54) is 0 Å². The minimum Gasteiger partial charge on any atom is -0.444 e. The van der Waals surface area contributed by atoms with Crippen molar-refractivity contribution in [2.45, 2.75) is 58.3 Å². The van der Waals surface area contributed by atoms with Crippen LogP contribution in [0.2, 0.25) is 0 Å². The van der Waals surface area contributed by atoms with E-state index in [-0.39, 0.29) is 12.4 Å². The van der Waals surface area contributed by atoms with Crippen molar-refractivity contribution in [3.63, 3.8) is 0 Å². The minimum absolute atomic E-state index is 0. The number of benzene rings is 3. The zero-order valence-corrected chi connectivity index (χ0v) is 37.0. The molecule has 0 unspecified atom stereocenters. The normalized spacial score (nSPS) is 11.6. The third-order valence-electron chi connectivity index (χ3n) is 9.97. The molecule has 0 spiro atoms. The molecule has 9 rings (SSSR count). The van der Waals surface area contributed by atoms with Crippen LogP contribution in [0.4, 0.5) is 21.0 Å². The molecule has 5 N–H and O–H groups in total. The minimum atomic E-state index is -0.712. The van der Waals surface area contributed by atoms with Gasteiger partial charge in [-0.25, -0.2) is 19.6 Å². The van der Waals surface area contributed by atoms with Crippen LogP contribution in [-0.2, 0) is 15.0 Å². The number of nitrogens with zero attached hydrogens (tertiary/aromatic N) is 5. The molecular formula is C49H49ClN10O4. The number of hydrogen-bond donors (Lipinski definition) is 5. The summed E-state index contributed by atoms with van der Waals surface area (Å²) in [5.74, 6) is 0. The van der Waals surface area contributed by atoms with Crippen molar-refractivity contribution in [3.05, 3.63) is 169 Å². The molecule has 9 aromatic rings. The number of halogens is 1. The Morgan fingerprint density at radius 2 is 1.02 bits per heavy atom. The van der Waals surface area contributed by atoms with Gasteiger partial charge in [0.1, 0.15) is 28.0 Å². The lowest BCUT2D eigenvalue weighted by Gasteiger charge is -2.36. The van der Waals surface area contributed by atoms with Crippen LogP contribution in [-0.4, -0.2) is 63.3 Å². The maximum Gasteiger partial charge on any atom is 0.412 e. The molecule has 0 saturated carbocycles. The summed E-state index contributed by atoms with van der Waals surface area (Å²) in [6.07, 6.45) is 13.4. The molecule has 0 radical (unpaired) electrons. The number of anilines is 2. The highest BCUT2D eigenvalue weighted by molar-refractivity contribution is 5.98. The number of amides is 2. The van der Waals surface area contributed by atoms with E-state index in [2.05, 4.69) is 120 Å². The first-order chi connectivity index (χ1) is 30.3. The average molecular weight is 877 g/mol. The number of aromatic nitrogens is 8. The van der Waals surface area contributed by atoms with E-state index >= 15 is 0 Å². The Morgan fingerprint density at radius 1 is 0.578 bits per heavy atom. The van der Waals surface area contributed by atoms with E-state index in [4.69, 9.17) is 14.6 Å². The first kappa shape index (κ1) is 44.3. The van der Waals surface area contributed by atoms with Crippen LogP contribution < -0.4 is 10.6 Å². The number of aromatic amines is 3. The van der Waals surface area contributed by atoms with Crippen molar-refractivity contribution < 1.29 is 19.1 Å². The molecule has 6 heterocycles. The lowest BCUT2D eigenvalue weighted by Crippen LogP contribution is -2.38. The third kappa shape index (κ3) is 9.67. The van der Waals surface area contributed by atoms with Crippen LogP contribution in [0.25, 0.3) is 44.3 Å². The average Bonchev–Trinajstić information content (AvgIpc) is 4.09. The quantitative estimate of drug-likeness (QED) is 0.0935. The lowest BCUT2D eigenvalue weighted by atomic mass is 9.77. The molecule has 0 bridgehead atoms. The summed E-state index contributed by atoms with van der Waals surface area (Å²) < 4.78 is 12.7. The van der Waals surface area contributed by atoms with Crippen LogP contribution in [0.3, 0.4) is 0 Å². The Morgan fingerprint density at radius 3 is 1.42 bits per heavy atom. The van der Waals surface area contributed by atoms with Crippen LogP contribution in [0, 0.1) is 0 Å². The molecule has 326 valence electrons. The standard InChI is InChI=1S/C34H31N5O2.C15H17N5O2.ClH/c1-33(2,3)41-32(40)38-28-19-29-30(22-36-31(29)35-21-28)24-20-37-39(23-24)34(25-13-7-4-8-14-25,26-15-9-5-10-16-26)27-17-11-6-12-18-27;1-15(2,3)22-14(21)20-10-4-11-12(9-5-18-19-6-9)8-17-13(11)16-7-10;/h4-23H,1-3H3,(H,35,36)(H,38,40);4-8H,1-3H3,(H,16,17)(H,18,19)(H,20,21);1H. The molecule has 0 saturated heterocycles. The van der Waals surface area contributed by atoms with Crippen molar-refractivity contribution >= 4 is 58.0 Å². The maximum atomic E-state index is 12.4. The van der Waals surface area contributed by atoms with Crippen molar-refractivity contribution in [2.24, 2.45) is 0 Å². The van der Waals surface area contributed by atoms with E-state index in [0.29, 0.717) is 17.0 Å². The van der Waals surface area contributed by atoms with Crippen LogP contribution >= 0.6 is 12.4 Å². The number of fused-ring (bicyclic) bond motifs is 2. The molecule has 15 heteroatoms. The van der Waals surface area contributed by atoms with Gasteiger partial charge < -0.3 is 19.4 Å². The molecule has 0 aliphatic carbocycles. The first-order valence-electron chi connectivity index (χ1n) is 20.4. The van der Waals surface area contributed by atoms with Crippen LogP contribution in [0.5, 0.6) is 0 Å². The topological polar surface area (TPSA) is 181 Å². The highest BCUT2D eigenvalue weighted by Gasteiger charge is 2.39. The molecule has 3 aromatic carbocycles. The molecular weight excluding hydrogens is 828 g/mol. The number of nitrogens with one attached hydrogen (secondary N) is 5. The summed E-state index contributed by atoms with van der Waals surface area (Å²) in [5, 5.41) is 19.0. The fraction of sp³-hybridized carbons (Fsp3) is 0.184. The van der Waals surface area contributed by atoms with Gasteiger partial charge in [-0.05, 0) is 70.4 Å². The summed E-state index contributed by atoms with van der Waals surface area (Å²) in [4.78, 5) is 39.4. The van der Waals surface area contributed by atoms with Gasteiger partial charge in [0.15, 0.2) is 0 Å². The highest BCUT2D eigenvalue weighted by Crippen LogP contribution is 2.42. The fourth-order valence-electron chi connectivity index (χ4n) is 7.44. The summed E-state index contributed by atoms with van der Waals surface area (Å²) in [6.45, 7) is 10.9. The fourth-order valence-corrected chi connectivity index (χ4v) is 7.44. The number of carbonyl (C=O) groups is 2. The lowest BCUT2D eigenvalue weighted by molar-refractivity contribution is 0.0624. The highest BCUT2D eigenvalue weighted by atomic mass is 35.5. The molecule has 14 nitrogen and oxygen atoms in total. The van der Waals surface area contributed by atoms with Gasteiger partial charge in [-0.15, -0.1) is 12.4 Å². The van der Waals surface area contributed by atoms with Gasteiger partial charge in [-0.1, -0.05) is 91.0 Å². The second-order valence-electron chi connectivity index (χ2n) is 16.9. The second-order valence-corrected chi connectivity index (χ2v) is 16.9. The predicted octanol–water partition coefficient (Wildman–Crippen LogP) is 11.3. The number of carbonyl (C=O) groups excluding carboxylic acids is 2. The zero-order valence-electron chi connectivity index (χ0n) is 36.2. The van der Waals surface area contributed by atoms with Gasteiger partial charge in [0.25, 0.3) is 0 Å². The van der Waals surface area contributed by atoms with Gasteiger partial charge in [0, 0.05) is 57.8 Å². The molecule has 0 fully saturated rings. The van der Waals surface area contributed by atoms with E-state index in [1.807, 2.05) is 95.1 Å². The van der Waals surface area contributed by atoms with Gasteiger partial charge >= 0.3 is 12.2 Å². The Balaban J connectivity index is 0.000000225. The molecule has 0 aliphatic rings. The van der Waals surface area contributed by atoms with Gasteiger partial charge in [0.2, 0.25) is 0 Å². The first-order valence-corrected chi connectivity index (χ1v) is 20.4. The SMILES string of the molecule is CC(C)(C)OC(=O)Nc1cnc2[nH]cc(-c3cn[nH]c3)c2c1.CC(C)(C)OC(=O)Nc1cnc2[nH]cc(-c3cnn(C(c4ccccc4)(c4ccccc4)c4ccccc4)c3)c2c1.Cl. The Kier molecular flexibility index (Phi) is 12.7. The second kappa shape index (κ2) is 18.3. The summed E-state index contributed by atoms with van der Waals surface area (Å²) in [5.41, 5.74) is 7.75. The van der Waals surface area contributed by atoms with E-state index in [0.717, 1.165) is 55.4 Å². The zero-order chi connectivity index (χ0) is 44.2. The molecule has 64 heavy (non-hydrogen) atoms. The number of H-pyrrole nitrogens is 3. The number of pyridine rings is 2.